The van der Waals surface area contributed by atoms with Crippen molar-refractivity contribution < 1.29 is 13.2 Å². The third-order valence-corrected chi connectivity index (χ3v) is 4.61. The van der Waals surface area contributed by atoms with Gasteiger partial charge in [-0.25, -0.2) is 13.1 Å². The van der Waals surface area contributed by atoms with Gasteiger partial charge < -0.3 is 10.1 Å². The molecule has 1 aliphatic heterocycles. The van der Waals surface area contributed by atoms with E-state index in [0.717, 1.165) is 51.5 Å². The van der Waals surface area contributed by atoms with Gasteiger partial charge in [0.05, 0.1) is 19.5 Å². The van der Waals surface area contributed by atoms with E-state index in [1.54, 1.807) is 4.52 Å². The van der Waals surface area contributed by atoms with Gasteiger partial charge >= 0.3 is 0 Å². The van der Waals surface area contributed by atoms with Gasteiger partial charge in [-0.05, 0) is 12.1 Å². The molecule has 0 spiro atoms. The maximum absolute atomic E-state index is 11.1. The number of rotatable bonds is 8. The fourth-order valence-corrected chi connectivity index (χ4v) is 3.07. The second kappa shape index (κ2) is 8.04. The lowest BCUT2D eigenvalue weighted by Crippen LogP contribution is -2.39. The first-order chi connectivity index (χ1) is 12.0. The number of morpholine rings is 1. The van der Waals surface area contributed by atoms with Crippen LogP contribution in [0.4, 0.5) is 5.82 Å². The molecule has 1 saturated heterocycles. The highest BCUT2D eigenvalue weighted by Gasteiger charge is 2.11. The molecule has 0 aliphatic carbocycles. The minimum Gasteiger partial charge on any atom is -0.379 e. The zero-order valence-corrected chi connectivity index (χ0v) is 15.0. The number of hydrogen-bond acceptors (Lipinski definition) is 8. The van der Waals surface area contributed by atoms with E-state index in [4.69, 9.17) is 4.74 Å². The molecule has 0 atom stereocenters. The van der Waals surface area contributed by atoms with Gasteiger partial charge in [0.1, 0.15) is 5.82 Å². The molecule has 2 aromatic heterocycles. The van der Waals surface area contributed by atoms with Gasteiger partial charge in [0, 0.05) is 39.1 Å². The molecular weight excluding hydrogens is 346 g/mol. The molecule has 25 heavy (non-hydrogen) atoms. The minimum atomic E-state index is -3.22. The number of fused-ring (bicyclic) bond motifs is 1. The number of aromatic nitrogens is 4. The molecule has 1 aliphatic rings. The summed E-state index contributed by atoms with van der Waals surface area (Å²) in [6.07, 6.45) is 1.54. The summed E-state index contributed by atoms with van der Waals surface area (Å²) in [6, 6.07) is 3.70. The first-order valence-corrected chi connectivity index (χ1v) is 10.1. The Hall–Kier alpha value is -1.82. The van der Waals surface area contributed by atoms with Crippen LogP contribution in [0.15, 0.2) is 12.1 Å². The van der Waals surface area contributed by atoms with Crippen molar-refractivity contribution >= 4 is 21.5 Å². The number of hydrogen-bond donors (Lipinski definition) is 2. The van der Waals surface area contributed by atoms with Crippen molar-refractivity contribution in [2.75, 3.05) is 57.5 Å². The summed E-state index contributed by atoms with van der Waals surface area (Å²) in [5.41, 5.74) is 0.632. The van der Waals surface area contributed by atoms with Gasteiger partial charge in [-0.3, -0.25) is 4.90 Å². The fourth-order valence-electron chi connectivity index (χ4n) is 2.60. The van der Waals surface area contributed by atoms with Crippen molar-refractivity contribution in [2.45, 2.75) is 6.42 Å². The Bertz CT molecular complexity index is 802. The molecule has 0 unspecified atom stereocenters. The molecule has 1 fully saturated rings. The molecule has 0 aromatic carbocycles. The molecule has 138 valence electrons. The molecule has 2 aromatic rings. The molecule has 3 heterocycles. The van der Waals surface area contributed by atoms with Crippen LogP contribution in [0.25, 0.3) is 5.65 Å². The summed E-state index contributed by atoms with van der Waals surface area (Å²) in [5, 5.41) is 15.9. The molecule has 0 saturated carbocycles. The van der Waals surface area contributed by atoms with Crippen molar-refractivity contribution in [3.63, 3.8) is 0 Å². The second-order valence-electron chi connectivity index (χ2n) is 5.90. The van der Waals surface area contributed by atoms with E-state index < -0.39 is 10.0 Å². The van der Waals surface area contributed by atoms with E-state index in [0.29, 0.717) is 17.9 Å². The van der Waals surface area contributed by atoms with Gasteiger partial charge in [0.2, 0.25) is 10.0 Å². The number of nitrogens with zero attached hydrogens (tertiary/aromatic N) is 5. The van der Waals surface area contributed by atoms with Crippen LogP contribution in [0.5, 0.6) is 0 Å². The smallest absolute Gasteiger partial charge is 0.208 e. The van der Waals surface area contributed by atoms with Crippen LogP contribution in [0.1, 0.15) is 5.82 Å². The summed E-state index contributed by atoms with van der Waals surface area (Å²) in [4.78, 5) is 2.34. The number of anilines is 1. The third-order valence-electron chi connectivity index (χ3n) is 3.88. The fraction of sp³-hybridized carbons (Fsp3) is 0.643. The van der Waals surface area contributed by atoms with Crippen LogP contribution >= 0.6 is 0 Å². The summed E-state index contributed by atoms with van der Waals surface area (Å²) in [6.45, 7) is 5.46. The highest BCUT2D eigenvalue weighted by atomic mass is 32.2. The molecular formula is C14H23N7O3S. The first kappa shape index (κ1) is 18.0. The Morgan fingerprint density at radius 3 is 2.76 bits per heavy atom. The monoisotopic (exact) mass is 369 g/mol. The summed E-state index contributed by atoms with van der Waals surface area (Å²) < 4.78 is 31.7. The van der Waals surface area contributed by atoms with E-state index in [1.165, 1.54) is 0 Å². The molecule has 3 rings (SSSR count). The summed E-state index contributed by atoms with van der Waals surface area (Å²) in [5.74, 6) is 1.35. The van der Waals surface area contributed by atoms with Gasteiger partial charge in [-0.2, -0.15) is 4.52 Å². The number of sulfonamides is 1. The molecule has 0 amide bonds. The zero-order valence-electron chi connectivity index (χ0n) is 14.2. The van der Waals surface area contributed by atoms with Crippen LogP contribution in [0.3, 0.4) is 0 Å². The lowest BCUT2D eigenvalue weighted by molar-refractivity contribution is 0.0398. The van der Waals surface area contributed by atoms with Crippen molar-refractivity contribution in [3.05, 3.63) is 18.0 Å². The number of ether oxygens (including phenoxy) is 1. The third kappa shape index (κ3) is 5.33. The van der Waals surface area contributed by atoms with Crippen LogP contribution in [0.2, 0.25) is 0 Å². The van der Waals surface area contributed by atoms with E-state index in [2.05, 4.69) is 30.2 Å². The van der Waals surface area contributed by atoms with Crippen molar-refractivity contribution in [3.8, 4) is 0 Å². The molecule has 0 radical (unpaired) electrons. The number of nitrogens with one attached hydrogen (secondary N) is 2. The lowest BCUT2D eigenvalue weighted by Gasteiger charge is -2.26. The van der Waals surface area contributed by atoms with E-state index in [9.17, 15) is 8.42 Å². The molecule has 0 bridgehead atoms. The summed E-state index contributed by atoms with van der Waals surface area (Å²) >= 11 is 0. The van der Waals surface area contributed by atoms with Gasteiger partial charge in [0.25, 0.3) is 0 Å². The Morgan fingerprint density at radius 2 is 2.00 bits per heavy atom. The quantitative estimate of drug-likeness (QED) is 0.607. The highest BCUT2D eigenvalue weighted by molar-refractivity contribution is 7.88. The van der Waals surface area contributed by atoms with Gasteiger partial charge in [-0.1, -0.05) is 0 Å². The van der Waals surface area contributed by atoms with Gasteiger partial charge in [-0.15, -0.1) is 15.3 Å². The normalized spacial score (nSPS) is 16.4. The maximum Gasteiger partial charge on any atom is 0.208 e. The Kier molecular flexibility index (Phi) is 5.78. The largest absolute Gasteiger partial charge is 0.379 e. The SMILES string of the molecule is CS(=O)(=O)NCCc1nnc2ccc(NCCN3CCOCC3)nn12. The lowest BCUT2D eigenvalue weighted by atomic mass is 10.4. The van der Waals surface area contributed by atoms with E-state index in [1.807, 2.05) is 12.1 Å². The molecule has 2 N–H and O–H groups in total. The average molecular weight is 369 g/mol. The molecule has 11 heteroatoms. The molecule has 10 nitrogen and oxygen atoms in total. The van der Waals surface area contributed by atoms with Crippen molar-refractivity contribution in [2.24, 2.45) is 0 Å². The summed E-state index contributed by atoms with van der Waals surface area (Å²) in [7, 11) is -3.22. The Morgan fingerprint density at radius 1 is 1.20 bits per heavy atom. The van der Waals surface area contributed by atoms with Crippen LogP contribution in [-0.2, 0) is 21.2 Å². The second-order valence-corrected chi connectivity index (χ2v) is 7.74. The maximum atomic E-state index is 11.1. The van der Waals surface area contributed by atoms with Crippen LogP contribution < -0.4 is 10.0 Å². The standard InChI is InChI=1S/C14H23N7O3S/c1-25(22,23)16-5-4-14-18-17-13-3-2-12(19-21(13)14)15-6-7-20-8-10-24-11-9-20/h2-3,16H,4-11H2,1H3,(H,15,19). The Labute approximate surface area is 146 Å². The van der Waals surface area contributed by atoms with E-state index in [-0.39, 0.29) is 6.54 Å². The Balaban J connectivity index is 1.57. The van der Waals surface area contributed by atoms with Crippen molar-refractivity contribution in [1.29, 1.82) is 0 Å². The van der Waals surface area contributed by atoms with Crippen molar-refractivity contribution in [1.82, 2.24) is 29.4 Å². The van der Waals surface area contributed by atoms with Gasteiger partial charge in [0.15, 0.2) is 11.5 Å². The minimum absolute atomic E-state index is 0.260. The predicted octanol–water partition coefficient (Wildman–Crippen LogP) is -1.04. The zero-order chi connectivity index (χ0) is 17.7. The highest BCUT2D eigenvalue weighted by Crippen LogP contribution is 2.07. The van der Waals surface area contributed by atoms with Crippen LogP contribution in [-0.4, -0.2) is 85.3 Å². The topological polar surface area (TPSA) is 114 Å². The van der Waals surface area contributed by atoms with E-state index >= 15 is 0 Å². The average Bonchev–Trinajstić information content (AvgIpc) is 2.97. The first-order valence-electron chi connectivity index (χ1n) is 8.21. The van der Waals surface area contributed by atoms with Crippen LogP contribution in [0, 0.1) is 0 Å². The predicted molar refractivity (Wildman–Crippen MR) is 93.1 cm³/mol.